The number of carbonyl (C=O) groups is 1. The highest BCUT2D eigenvalue weighted by atomic mass is 35.5. The van der Waals surface area contributed by atoms with Gasteiger partial charge < -0.3 is 5.32 Å². The van der Waals surface area contributed by atoms with E-state index in [4.69, 9.17) is 11.6 Å². The number of thiophene rings is 1. The van der Waals surface area contributed by atoms with E-state index in [0.717, 1.165) is 15.0 Å². The monoisotopic (exact) mass is 329 g/mol. The van der Waals surface area contributed by atoms with Crippen molar-refractivity contribution in [1.82, 2.24) is 0 Å². The van der Waals surface area contributed by atoms with Crippen LogP contribution in [0.15, 0.2) is 30.3 Å². The summed E-state index contributed by atoms with van der Waals surface area (Å²) in [5.41, 5.74) is 1.37. The van der Waals surface area contributed by atoms with E-state index in [9.17, 15) is 9.18 Å². The summed E-state index contributed by atoms with van der Waals surface area (Å²) in [6, 6.07) is 8.12. The quantitative estimate of drug-likeness (QED) is 0.859. The first-order valence-corrected chi connectivity index (χ1v) is 8.27. The molecule has 1 N–H and O–H groups in total. The highest BCUT2D eigenvalue weighted by molar-refractivity contribution is 7.99. The van der Waals surface area contributed by atoms with Gasteiger partial charge in [-0.3, -0.25) is 4.79 Å². The van der Waals surface area contributed by atoms with Crippen molar-refractivity contribution >= 4 is 46.3 Å². The molecule has 2 aromatic rings. The molecule has 2 nitrogen and oxygen atoms in total. The first kappa shape index (κ1) is 15.4. The van der Waals surface area contributed by atoms with Crippen molar-refractivity contribution in [2.24, 2.45) is 0 Å². The summed E-state index contributed by atoms with van der Waals surface area (Å²) in [4.78, 5) is 12.9. The smallest absolute Gasteiger partial charge is 0.234 e. The molecule has 0 radical (unpaired) electrons. The molecule has 0 bridgehead atoms. The Morgan fingerprint density at radius 3 is 2.85 bits per heavy atom. The first-order chi connectivity index (χ1) is 9.54. The van der Waals surface area contributed by atoms with E-state index in [1.165, 1.54) is 35.2 Å². The Bertz CT molecular complexity index is 615. The fourth-order valence-electron chi connectivity index (χ4n) is 1.63. The molecule has 0 atom stereocenters. The Balaban J connectivity index is 1.80. The van der Waals surface area contributed by atoms with Gasteiger partial charge in [-0.1, -0.05) is 11.6 Å². The third-order valence-electron chi connectivity index (χ3n) is 2.57. The van der Waals surface area contributed by atoms with Crippen LogP contribution in [0.25, 0.3) is 0 Å². The molecule has 2 rings (SSSR count). The Kier molecular flexibility index (Phi) is 5.46. The molecule has 106 valence electrons. The van der Waals surface area contributed by atoms with Crippen LogP contribution in [0.5, 0.6) is 0 Å². The number of benzene rings is 1. The molecule has 0 aliphatic rings. The van der Waals surface area contributed by atoms with Crippen LogP contribution in [-0.2, 0) is 10.5 Å². The fraction of sp³-hybridized carbons (Fsp3) is 0.214. The second-order valence-electron chi connectivity index (χ2n) is 4.21. The zero-order valence-electron chi connectivity index (χ0n) is 10.8. The second-order valence-corrected chi connectivity index (χ2v) is 6.99. The van der Waals surface area contributed by atoms with Gasteiger partial charge in [0.2, 0.25) is 5.91 Å². The molecule has 20 heavy (non-hydrogen) atoms. The van der Waals surface area contributed by atoms with Crippen LogP contribution < -0.4 is 5.32 Å². The van der Waals surface area contributed by atoms with Crippen molar-refractivity contribution in [1.29, 1.82) is 0 Å². The average molecular weight is 330 g/mol. The molecule has 1 heterocycles. The zero-order valence-corrected chi connectivity index (χ0v) is 13.2. The number of thioether (sulfide) groups is 1. The number of amides is 1. The number of aryl methyl sites for hydroxylation is 1. The normalized spacial score (nSPS) is 10.6. The highest BCUT2D eigenvalue weighted by Gasteiger charge is 2.06. The standard InChI is InChI=1S/C14H13ClFNOS2/c1-9-6-10(16)2-4-12(9)17-14(18)8-19-7-11-3-5-13(15)20-11/h2-6H,7-8H2,1H3,(H,17,18). The maximum atomic E-state index is 13.0. The predicted octanol–water partition coefficient (Wildman–Crippen LogP) is 4.72. The Hall–Kier alpha value is -1.04. The molecule has 1 amide bonds. The summed E-state index contributed by atoms with van der Waals surface area (Å²) < 4.78 is 13.7. The van der Waals surface area contributed by atoms with Gasteiger partial charge in [-0.05, 0) is 42.8 Å². The van der Waals surface area contributed by atoms with Crippen LogP contribution in [-0.4, -0.2) is 11.7 Å². The molecule has 0 saturated heterocycles. The van der Waals surface area contributed by atoms with Crippen molar-refractivity contribution in [2.45, 2.75) is 12.7 Å². The number of halogens is 2. The summed E-state index contributed by atoms with van der Waals surface area (Å²) in [5, 5.41) is 2.78. The number of hydrogen-bond acceptors (Lipinski definition) is 3. The van der Waals surface area contributed by atoms with Gasteiger partial charge in [0.1, 0.15) is 5.82 Å². The minimum atomic E-state index is -0.301. The molecule has 0 aliphatic heterocycles. The van der Waals surface area contributed by atoms with Crippen LogP contribution >= 0.6 is 34.7 Å². The van der Waals surface area contributed by atoms with Crippen molar-refractivity contribution in [3.05, 3.63) is 50.9 Å². The molecule has 6 heteroatoms. The molecule has 1 aromatic heterocycles. The van der Waals surface area contributed by atoms with E-state index in [1.807, 2.05) is 12.1 Å². The molecule has 0 spiro atoms. The van der Waals surface area contributed by atoms with Crippen molar-refractivity contribution in [2.75, 3.05) is 11.1 Å². The summed E-state index contributed by atoms with van der Waals surface area (Å²) in [6.07, 6.45) is 0. The predicted molar refractivity (Wildman–Crippen MR) is 85.3 cm³/mol. The van der Waals surface area contributed by atoms with E-state index in [-0.39, 0.29) is 11.7 Å². The lowest BCUT2D eigenvalue weighted by Crippen LogP contribution is -2.15. The van der Waals surface area contributed by atoms with E-state index in [0.29, 0.717) is 17.0 Å². The number of nitrogens with one attached hydrogen (secondary N) is 1. The number of carbonyl (C=O) groups excluding carboxylic acids is 1. The van der Waals surface area contributed by atoms with Crippen molar-refractivity contribution < 1.29 is 9.18 Å². The molecular formula is C14H13ClFNOS2. The first-order valence-electron chi connectivity index (χ1n) is 5.92. The van der Waals surface area contributed by atoms with E-state index in [1.54, 1.807) is 13.0 Å². The van der Waals surface area contributed by atoms with Crippen LogP contribution in [0.1, 0.15) is 10.4 Å². The summed E-state index contributed by atoms with van der Waals surface area (Å²) in [6.45, 7) is 1.76. The third kappa shape index (κ3) is 4.51. The van der Waals surface area contributed by atoms with Gasteiger partial charge >= 0.3 is 0 Å². The maximum absolute atomic E-state index is 13.0. The lowest BCUT2D eigenvalue weighted by molar-refractivity contribution is -0.113. The second kappa shape index (κ2) is 7.11. The molecule has 1 aromatic carbocycles. The van der Waals surface area contributed by atoms with E-state index in [2.05, 4.69) is 5.32 Å². The zero-order chi connectivity index (χ0) is 14.5. The minimum absolute atomic E-state index is 0.0904. The van der Waals surface area contributed by atoms with Crippen LogP contribution in [0.4, 0.5) is 10.1 Å². The molecule has 0 saturated carbocycles. The molecule has 0 fully saturated rings. The summed E-state index contributed by atoms with van der Waals surface area (Å²) in [5.74, 6) is 0.719. The van der Waals surface area contributed by atoms with E-state index < -0.39 is 0 Å². The largest absolute Gasteiger partial charge is 0.325 e. The fourth-order valence-corrected chi connectivity index (χ4v) is 3.65. The molecule has 0 unspecified atom stereocenters. The maximum Gasteiger partial charge on any atom is 0.234 e. The molecule has 0 aliphatic carbocycles. The summed E-state index contributed by atoms with van der Waals surface area (Å²) in [7, 11) is 0. The SMILES string of the molecule is Cc1cc(F)ccc1NC(=O)CSCc1ccc(Cl)s1. The number of rotatable bonds is 5. The number of anilines is 1. The Labute approximate surface area is 130 Å². The lowest BCUT2D eigenvalue weighted by atomic mass is 10.2. The van der Waals surface area contributed by atoms with Gasteiger partial charge in [0.05, 0.1) is 10.1 Å². The molecular weight excluding hydrogens is 317 g/mol. The van der Waals surface area contributed by atoms with Gasteiger partial charge in [-0.25, -0.2) is 4.39 Å². The Morgan fingerprint density at radius 2 is 2.20 bits per heavy atom. The van der Waals surface area contributed by atoms with Crippen LogP contribution in [0, 0.1) is 12.7 Å². The van der Waals surface area contributed by atoms with Gasteiger partial charge in [0.15, 0.2) is 0 Å². The van der Waals surface area contributed by atoms with Gasteiger partial charge in [0, 0.05) is 16.3 Å². The van der Waals surface area contributed by atoms with Crippen LogP contribution in [0.3, 0.4) is 0 Å². The van der Waals surface area contributed by atoms with Gasteiger partial charge in [0.25, 0.3) is 0 Å². The third-order valence-corrected chi connectivity index (χ3v) is 4.96. The summed E-state index contributed by atoms with van der Waals surface area (Å²) >= 11 is 8.88. The van der Waals surface area contributed by atoms with Crippen LogP contribution in [0.2, 0.25) is 4.34 Å². The average Bonchev–Trinajstić information content (AvgIpc) is 2.79. The van der Waals surface area contributed by atoms with Gasteiger partial charge in [-0.2, -0.15) is 0 Å². The van der Waals surface area contributed by atoms with Crippen molar-refractivity contribution in [3.63, 3.8) is 0 Å². The minimum Gasteiger partial charge on any atom is -0.325 e. The van der Waals surface area contributed by atoms with E-state index >= 15 is 0 Å². The highest BCUT2D eigenvalue weighted by Crippen LogP contribution is 2.25. The lowest BCUT2D eigenvalue weighted by Gasteiger charge is -2.08. The van der Waals surface area contributed by atoms with Gasteiger partial charge in [-0.15, -0.1) is 23.1 Å². The topological polar surface area (TPSA) is 29.1 Å². The van der Waals surface area contributed by atoms with Crippen molar-refractivity contribution in [3.8, 4) is 0 Å². The Morgan fingerprint density at radius 1 is 1.40 bits per heavy atom. The number of hydrogen-bond donors (Lipinski definition) is 1.